The van der Waals surface area contributed by atoms with Gasteiger partial charge in [-0.2, -0.15) is 0 Å². The zero-order valence-electron chi connectivity index (χ0n) is 16.6. The second-order valence-electron chi connectivity index (χ2n) is 6.25. The SMILES string of the molecule is O=C(O)c1ccc(C(=O)O)c(C#CC#Cc2ccccc2)c1C#CC#Cc1ccccc1. The third-order valence-electron chi connectivity index (χ3n) is 4.13. The highest BCUT2D eigenvalue weighted by Crippen LogP contribution is 2.19. The number of carboxylic acids is 2. The van der Waals surface area contributed by atoms with Crippen LogP contribution in [0.5, 0.6) is 0 Å². The highest BCUT2D eigenvalue weighted by atomic mass is 16.4. The molecule has 2 N–H and O–H groups in total. The summed E-state index contributed by atoms with van der Waals surface area (Å²) in [4.78, 5) is 23.4. The lowest BCUT2D eigenvalue weighted by Crippen LogP contribution is -2.08. The van der Waals surface area contributed by atoms with Gasteiger partial charge in [0.05, 0.1) is 22.3 Å². The van der Waals surface area contributed by atoms with Crippen LogP contribution in [0, 0.1) is 47.4 Å². The van der Waals surface area contributed by atoms with E-state index in [9.17, 15) is 19.8 Å². The van der Waals surface area contributed by atoms with Crippen LogP contribution in [0.4, 0.5) is 0 Å². The molecule has 3 rings (SSSR count). The molecule has 3 aromatic rings. The monoisotopic (exact) mass is 414 g/mol. The first-order valence-corrected chi connectivity index (χ1v) is 9.34. The van der Waals surface area contributed by atoms with Gasteiger partial charge < -0.3 is 10.2 Å². The summed E-state index contributed by atoms with van der Waals surface area (Å²) in [5, 5.41) is 19.1. The minimum atomic E-state index is -1.25. The molecule has 0 unspecified atom stereocenters. The number of carbonyl (C=O) groups is 2. The maximum Gasteiger partial charge on any atom is 0.337 e. The third-order valence-corrected chi connectivity index (χ3v) is 4.13. The summed E-state index contributed by atoms with van der Waals surface area (Å²) >= 11 is 0. The minimum absolute atomic E-state index is 0.0197. The Balaban J connectivity index is 2.08. The molecule has 0 heterocycles. The van der Waals surface area contributed by atoms with Gasteiger partial charge in [-0.15, -0.1) is 0 Å². The first-order valence-electron chi connectivity index (χ1n) is 9.34. The second kappa shape index (κ2) is 10.6. The Bertz CT molecular complexity index is 1310. The van der Waals surface area contributed by atoms with Gasteiger partial charge >= 0.3 is 11.9 Å². The topological polar surface area (TPSA) is 74.6 Å². The Morgan fingerprint density at radius 2 is 0.844 bits per heavy atom. The summed E-state index contributed by atoms with van der Waals surface area (Å²) in [6.45, 7) is 0. The molecule has 0 saturated heterocycles. The van der Waals surface area contributed by atoms with Gasteiger partial charge in [-0.1, -0.05) is 60.1 Å². The van der Waals surface area contributed by atoms with E-state index in [1.807, 2.05) is 60.7 Å². The predicted octanol–water partition coefficient (Wildman–Crippen LogP) is 3.89. The number of carboxylic acid groups (broad SMARTS) is 2. The van der Waals surface area contributed by atoms with E-state index in [4.69, 9.17) is 0 Å². The van der Waals surface area contributed by atoms with E-state index < -0.39 is 11.9 Å². The fourth-order valence-corrected chi connectivity index (χ4v) is 2.66. The van der Waals surface area contributed by atoms with Crippen LogP contribution in [0.3, 0.4) is 0 Å². The van der Waals surface area contributed by atoms with Crippen LogP contribution in [0.2, 0.25) is 0 Å². The smallest absolute Gasteiger partial charge is 0.337 e. The maximum atomic E-state index is 11.7. The number of benzene rings is 3. The van der Waals surface area contributed by atoms with Crippen LogP contribution in [0.1, 0.15) is 43.0 Å². The maximum absolute atomic E-state index is 11.7. The molecule has 0 aliphatic rings. The van der Waals surface area contributed by atoms with Crippen LogP contribution < -0.4 is 0 Å². The highest BCUT2D eigenvalue weighted by molar-refractivity contribution is 5.97. The van der Waals surface area contributed by atoms with Crippen LogP contribution in [0.15, 0.2) is 72.8 Å². The lowest BCUT2D eigenvalue weighted by atomic mass is 9.96. The summed E-state index contributed by atoms with van der Waals surface area (Å²) in [5.74, 6) is 19.0. The predicted molar refractivity (Wildman–Crippen MR) is 121 cm³/mol. The standard InChI is InChI=1S/C28H14O4/c29-27(30)25-19-20-26(28(31)32)24(18-10-8-16-22-13-5-2-6-14-22)23(25)17-9-7-15-21-11-3-1-4-12-21/h1-6,11-14,19-20H,(H,29,30)(H,31,32). The molecule has 3 aromatic carbocycles. The van der Waals surface area contributed by atoms with Crippen molar-refractivity contribution in [2.45, 2.75) is 0 Å². The quantitative estimate of drug-likeness (QED) is 0.624. The molecule has 0 spiro atoms. The zero-order chi connectivity index (χ0) is 22.8. The molecular formula is C28H14O4. The molecule has 0 aromatic heterocycles. The fraction of sp³-hybridized carbons (Fsp3) is 0. The molecule has 0 radical (unpaired) electrons. The number of rotatable bonds is 2. The van der Waals surface area contributed by atoms with Crippen molar-refractivity contribution in [3.63, 3.8) is 0 Å². The largest absolute Gasteiger partial charge is 0.478 e. The van der Waals surface area contributed by atoms with E-state index >= 15 is 0 Å². The Hall–Kier alpha value is -5.16. The van der Waals surface area contributed by atoms with Crippen LogP contribution in [-0.2, 0) is 0 Å². The van der Waals surface area contributed by atoms with Gasteiger partial charge in [-0.05, 0) is 60.1 Å². The van der Waals surface area contributed by atoms with Crippen molar-refractivity contribution in [2.75, 3.05) is 0 Å². The lowest BCUT2D eigenvalue weighted by Gasteiger charge is -2.06. The van der Waals surface area contributed by atoms with Gasteiger partial charge in [0.2, 0.25) is 0 Å². The molecule has 0 atom stereocenters. The lowest BCUT2D eigenvalue weighted by molar-refractivity contribution is 0.0680. The van der Waals surface area contributed by atoms with E-state index in [1.54, 1.807) is 0 Å². The average Bonchev–Trinajstić information content (AvgIpc) is 2.80. The normalized spacial score (nSPS) is 8.75. The summed E-state index contributed by atoms with van der Waals surface area (Å²) < 4.78 is 0. The van der Waals surface area contributed by atoms with Crippen molar-refractivity contribution in [1.82, 2.24) is 0 Å². The van der Waals surface area contributed by atoms with Crippen molar-refractivity contribution in [1.29, 1.82) is 0 Å². The van der Waals surface area contributed by atoms with E-state index in [0.29, 0.717) is 0 Å². The first kappa shape index (κ1) is 21.5. The fourth-order valence-electron chi connectivity index (χ4n) is 2.66. The van der Waals surface area contributed by atoms with Gasteiger partial charge in [-0.25, -0.2) is 9.59 Å². The molecule has 4 heteroatoms. The highest BCUT2D eigenvalue weighted by Gasteiger charge is 2.18. The zero-order valence-corrected chi connectivity index (χ0v) is 16.6. The average molecular weight is 414 g/mol. The van der Waals surface area contributed by atoms with Crippen molar-refractivity contribution < 1.29 is 19.8 Å². The van der Waals surface area contributed by atoms with E-state index in [1.165, 1.54) is 12.1 Å². The molecule has 4 nitrogen and oxygen atoms in total. The molecule has 0 saturated carbocycles. The van der Waals surface area contributed by atoms with Gasteiger partial charge in [0.15, 0.2) is 0 Å². The molecule has 0 amide bonds. The van der Waals surface area contributed by atoms with Crippen LogP contribution in [-0.4, -0.2) is 22.2 Å². The molecule has 0 aliphatic carbocycles. The second-order valence-corrected chi connectivity index (χ2v) is 6.25. The van der Waals surface area contributed by atoms with E-state index in [0.717, 1.165) is 11.1 Å². The Morgan fingerprint density at radius 1 is 0.500 bits per heavy atom. The number of hydrogen-bond acceptors (Lipinski definition) is 2. The van der Waals surface area contributed by atoms with Crippen molar-refractivity contribution in [3.8, 4) is 47.4 Å². The Kier molecular flexibility index (Phi) is 7.12. The minimum Gasteiger partial charge on any atom is -0.478 e. The van der Waals surface area contributed by atoms with Crippen molar-refractivity contribution in [2.24, 2.45) is 0 Å². The van der Waals surface area contributed by atoms with E-state index in [2.05, 4.69) is 47.4 Å². The Labute approximate surface area is 185 Å². The number of aromatic carboxylic acids is 2. The van der Waals surface area contributed by atoms with Gasteiger partial charge in [0, 0.05) is 11.1 Å². The van der Waals surface area contributed by atoms with Crippen molar-refractivity contribution in [3.05, 3.63) is 106 Å². The van der Waals surface area contributed by atoms with Gasteiger partial charge in [-0.3, -0.25) is 0 Å². The van der Waals surface area contributed by atoms with Crippen LogP contribution in [0.25, 0.3) is 0 Å². The third kappa shape index (κ3) is 5.68. The molecular weight excluding hydrogens is 400 g/mol. The van der Waals surface area contributed by atoms with Crippen molar-refractivity contribution >= 4 is 11.9 Å². The molecule has 32 heavy (non-hydrogen) atoms. The van der Waals surface area contributed by atoms with Gasteiger partial charge in [0.1, 0.15) is 0 Å². The van der Waals surface area contributed by atoms with E-state index in [-0.39, 0.29) is 22.3 Å². The van der Waals surface area contributed by atoms with Crippen LogP contribution >= 0.6 is 0 Å². The summed E-state index contributed by atoms with van der Waals surface area (Å²) in [5.41, 5.74) is 1.13. The number of hydrogen-bond donors (Lipinski definition) is 2. The molecule has 0 bridgehead atoms. The summed E-state index contributed by atoms with van der Waals surface area (Å²) in [6, 6.07) is 20.7. The molecule has 150 valence electrons. The molecule has 0 aliphatic heterocycles. The molecule has 0 fully saturated rings. The van der Waals surface area contributed by atoms with Gasteiger partial charge in [0.25, 0.3) is 0 Å². The Morgan fingerprint density at radius 3 is 1.19 bits per heavy atom. The summed E-state index contributed by atoms with van der Waals surface area (Å²) in [7, 11) is 0. The first-order chi connectivity index (χ1) is 15.6. The summed E-state index contributed by atoms with van der Waals surface area (Å²) in [6.07, 6.45) is 0.